The molecule has 0 aromatic heterocycles. The van der Waals surface area contributed by atoms with E-state index in [1.54, 1.807) is 0 Å². The van der Waals surface area contributed by atoms with Crippen molar-refractivity contribution in [2.24, 2.45) is 0 Å². The summed E-state index contributed by atoms with van der Waals surface area (Å²) in [5, 5.41) is 3.65. The molecule has 0 aromatic rings. The Bertz CT molecular complexity index is 193. The predicted molar refractivity (Wildman–Crippen MR) is 81.1 cm³/mol. The maximum atomic E-state index is 3.65. The van der Waals surface area contributed by atoms with Gasteiger partial charge in [-0.2, -0.15) is 0 Å². The molecule has 0 aromatic carbocycles. The fourth-order valence-corrected chi connectivity index (χ4v) is 3.40. The molecule has 1 saturated heterocycles. The van der Waals surface area contributed by atoms with E-state index in [1.165, 1.54) is 77.5 Å². The van der Waals surface area contributed by atoms with Crippen molar-refractivity contribution in [1.29, 1.82) is 0 Å². The molecule has 0 amide bonds. The van der Waals surface area contributed by atoms with E-state index in [-0.39, 0.29) is 0 Å². The number of rotatable bonds is 9. The molecule has 0 atom stereocenters. The second kappa shape index (κ2) is 8.92. The van der Waals surface area contributed by atoms with E-state index < -0.39 is 0 Å². The Hall–Kier alpha value is -0.0800. The molecule has 0 saturated carbocycles. The van der Waals surface area contributed by atoms with Gasteiger partial charge in [0, 0.05) is 25.2 Å². The maximum absolute atomic E-state index is 3.65. The number of hydrogen-bond donors (Lipinski definition) is 1. The second-order valence-electron chi connectivity index (χ2n) is 5.90. The minimum absolute atomic E-state index is 0.470. The first-order valence-electron chi connectivity index (χ1n) is 8.25. The quantitative estimate of drug-likeness (QED) is 0.629. The molecule has 18 heavy (non-hydrogen) atoms. The zero-order valence-corrected chi connectivity index (χ0v) is 12.9. The summed E-state index contributed by atoms with van der Waals surface area (Å²) in [6.45, 7) is 11.8. The van der Waals surface area contributed by atoms with Crippen molar-refractivity contribution in [2.45, 2.75) is 77.7 Å². The largest absolute Gasteiger partial charge is 0.314 e. The highest BCUT2D eigenvalue weighted by atomic mass is 15.3. The molecule has 108 valence electrons. The average molecular weight is 254 g/mol. The lowest BCUT2D eigenvalue weighted by Crippen LogP contribution is -2.61. The monoisotopic (exact) mass is 254 g/mol. The zero-order valence-electron chi connectivity index (χ0n) is 12.9. The minimum atomic E-state index is 0.470. The van der Waals surface area contributed by atoms with Crippen LogP contribution in [0, 0.1) is 0 Å². The first-order chi connectivity index (χ1) is 8.79. The highest BCUT2D eigenvalue weighted by molar-refractivity contribution is 4.95. The molecule has 2 heteroatoms. The van der Waals surface area contributed by atoms with E-state index in [2.05, 4.69) is 31.0 Å². The molecule has 1 aliphatic rings. The van der Waals surface area contributed by atoms with Gasteiger partial charge in [-0.1, -0.05) is 59.3 Å². The lowest BCUT2D eigenvalue weighted by atomic mass is 9.83. The van der Waals surface area contributed by atoms with Crippen molar-refractivity contribution < 1.29 is 0 Å². The highest BCUT2D eigenvalue weighted by Gasteiger charge is 2.36. The molecule has 0 aliphatic carbocycles. The highest BCUT2D eigenvalue weighted by Crippen LogP contribution is 2.30. The molecule has 0 spiro atoms. The molecule has 1 aliphatic heterocycles. The van der Waals surface area contributed by atoms with Gasteiger partial charge in [0.05, 0.1) is 0 Å². The Morgan fingerprint density at radius 2 is 1.56 bits per heavy atom. The fraction of sp³-hybridized carbons (Fsp3) is 1.00. The SMILES string of the molecule is CCCCCC1(CCCCC)CNCCN1CC. The zero-order chi connectivity index (χ0) is 13.3. The van der Waals surface area contributed by atoms with Gasteiger partial charge in [-0.05, 0) is 19.4 Å². The molecule has 0 unspecified atom stereocenters. The third-order valence-electron chi connectivity index (χ3n) is 4.56. The Labute approximate surface area is 115 Å². The first kappa shape index (κ1) is 16.0. The number of piperazine rings is 1. The van der Waals surface area contributed by atoms with E-state index >= 15 is 0 Å². The maximum Gasteiger partial charge on any atom is 0.0334 e. The van der Waals surface area contributed by atoms with Crippen LogP contribution in [0.1, 0.15) is 72.1 Å². The number of unbranched alkanes of at least 4 members (excludes halogenated alkanes) is 4. The Balaban J connectivity index is 2.57. The number of hydrogen-bond acceptors (Lipinski definition) is 2. The summed E-state index contributed by atoms with van der Waals surface area (Å²) in [4.78, 5) is 2.76. The Morgan fingerprint density at radius 3 is 2.06 bits per heavy atom. The van der Waals surface area contributed by atoms with Crippen LogP contribution >= 0.6 is 0 Å². The van der Waals surface area contributed by atoms with Gasteiger partial charge in [-0.25, -0.2) is 0 Å². The normalized spacial score (nSPS) is 20.2. The molecule has 1 rings (SSSR count). The van der Waals surface area contributed by atoms with E-state index in [4.69, 9.17) is 0 Å². The summed E-state index contributed by atoms with van der Waals surface area (Å²) in [5.74, 6) is 0. The van der Waals surface area contributed by atoms with Gasteiger partial charge in [0.1, 0.15) is 0 Å². The van der Waals surface area contributed by atoms with Gasteiger partial charge >= 0.3 is 0 Å². The molecule has 0 radical (unpaired) electrons. The summed E-state index contributed by atoms with van der Waals surface area (Å²) in [6, 6.07) is 0. The van der Waals surface area contributed by atoms with Crippen LogP contribution in [0.2, 0.25) is 0 Å². The predicted octanol–water partition coefficient (Wildman–Crippen LogP) is 3.81. The van der Waals surface area contributed by atoms with Crippen LogP contribution in [0.3, 0.4) is 0 Å². The van der Waals surface area contributed by atoms with Gasteiger partial charge in [0.2, 0.25) is 0 Å². The number of nitrogens with one attached hydrogen (secondary N) is 1. The molecule has 1 heterocycles. The molecule has 0 bridgehead atoms. The molecule has 1 fully saturated rings. The first-order valence-corrected chi connectivity index (χ1v) is 8.25. The van der Waals surface area contributed by atoms with Gasteiger partial charge in [0.25, 0.3) is 0 Å². The lowest BCUT2D eigenvalue weighted by Gasteiger charge is -2.48. The van der Waals surface area contributed by atoms with Crippen LogP contribution < -0.4 is 5.32 Å². The second-order valence-corrected chi connectivity index (χ2v) is 5.90. The van der Waals surface area contributed by atoms with E-state index in [0.717, 1.165) is 0 Å². The molecule has 1 N–H and O–H groups in total. The van der Waals surface area contributed by atoms with E-state index in [1.807, 2.05) is 0 Å². The van der Waals surface area contributed by atoms with Gasteiger partial charge in [-0.3, -0.25) is 4.90 Å². The summed E-state index contributed by atoms with van der Waals surface area (Å²) < 4.78 is 0. The summed E-state index contributed by atoms with van der Waals surface area (Å²) >= 11 is 0. The molecular formula is C16H34N2. The minimum Gasteiger partial charge on any atom is -0.314 e. The Morgan fingerprint density at radius 1 is 0.944 bits per heavy atom. The molecule has 2 nitrogen and oxygen atoms in total. The van der Waals surface area contributed by atoms with Crippen molar-refractivity contribution in [1.82, 2.24) is 10.2 Å². The third kappa shape index (κ3) is 4.55. The topological polar surface area (TPSA) is 15.3 Å². The van der Waals surface area contributed by atoms with Gasteiger partial charge in [-0.15, -0.1) is 0 Å². The Kier molecular flexibility index (Phi) is 7.92. The van der Waals surface area contributed by atoms with Gasteiger partial charge < -0.3 is 5.32 Å². The van der Waals surface area contributed by atoms with Crippen LogP contribution in [0.4, 0.5) is 0 Å². The van der Waals surface area contributed by atoms with Gasteiger partial charge in [0.15, 0.2) is 0 Å². The number of nitrogens with zero attached hydrogens (tertiary/aromatic N) is 1. The average Bonchev–Trinajstić information content (AvgIpc) is 2.40. The van der Waals surface area contributed by atoms with Crippen molar-refractivity contribution in [2.75, 3.05) is 26.2 Å². The van der Waals surface area contributed by atoms with Crippen LogP contribution in [-0.2, 0) is 0 Å². The summed E-state index contributed by atoms with van der Waals surface area (Å²) in [5.41, 5.74) is 0.470. The summed E-state index contributed by atoms with van der Waals surface area (Å²) in [6.07, 6.45) is 11.1. The van der Waals surface area contributed by atoms with Crippen molar-refractivity contribution in [3.8, 4) is 0 Å². The van der Waals surface area contributed by atoms with Crippen molar-refractivity contribution in [3.63, 3.8) is 0 Å². The van der Waals surface area contributed by atoms with Crippen molar-refractivity contribution in [3.05, 3.63) is 0 Å². The summed E-state index contributed by atoms with van der Waals surface area (Å²) in [7, 11) is 0. The smallest absolute Gasteiger partial charge is 0.0334 e. The molecular weight excluding hydrogens is 220 g/mol. The van der Waals surface area contributed by atoms with Crippen LogP contribution in [0.5, 0.6) is 0 Å². The standard InChI is InChI=1S/C16H34N2/c1-4-7-9-11-16(12-10-8-5-2)15-17-13-14-18(16)6-3/h17H,4-15H2,1-3H3. The van der Waals surface area contributed by atoms with Crippen LogP contribution in [0.25, 0.3) is 0 Å². The van der Waals surface area contributed by atoms with Crippen LogP contribution in [0.15, 0.2) is 0 Å². The third-order valence-corrected chi connectivity index (χ3v) is 4.56. The van der Waals surface area contributed by atoms with Crippen molar-refractivity contribution >= 4 is 0 Å². The van der Waals surface area contributed by atoms with E-state index in [0.29, 0.717) is 5.54 Å². The van der Waals surface area contributed by atoms with E-state index in [9.17, 15) is 0 Å². The number of likely N-dealkylation sites (N-methyl/N-ethyl adjacent to an activating group) is 1. The lowest BCUT2D eigenvalue weighted by molar-refractivity contribution is 0.0447. The fourth-order valence-electron chi connectivity index (χ4n) is 3.40. The van der Waals surface area contributed by atoms with Crippen LogP contribution in [-0.4, -0.2) is 36.6 Å².